The van der Waals surface area contributed by atoms with Crippen molar-refractivity contribution in [3.63, 3.8) is 0 Å². The summed E-state index contributed by atoms with van der Waals surface area (Å²) >= 11 is 12.7. The number of benzene rings is 2. The van der Waals surface area contributed by atoms with Crippen LogP contribution in [0.5, 0.6) is 5.75 Å². The SMILES string of the molecule is COc1ccc(C2CC(CNC(=O)C34CC5CC(CC(C5)C3)C4)=NN2c2ccc(Cl)cc2Cl)cc1. The van der Waals surface area contributed by atoms with Crippen LogP contribution in [0.3, 0.4) is 0 Å². The Morgan fingerprint density at radius 2 is 1.71 bits per heavy atom. The first-order chi connectivity index (χ1) is 16.9. The third kappa shape index (κ3) is 4.31. The number of carbonyl (C=O) groups is 1. The lowest BCUT2D eigenvalue weighted by Crippen LogP contribution is -2.54. The fraction of sp³-hybridized carbons (Fsp3) is 0.500. The van der Waals surface area contributed by atoms with Gasteiger partial charge in [-0.3, -0.25) is 9.80 Å². The van der Waals surface area contributed by atoms with Gasteiger partial charge in [-0.2, -0.15) is 5.10 Å². The molecule has 35 heavy (non-hydrogen) atoms. The number of amides is 1. The fourth-order valence-corrected chi connectivity index (χ4v) is 7.91. The van der Waals surface area contributed by atoms with Crippen LogP contribution in [0.4, 0.5) is 5.69 Å². The van der Waals surface area contributed by atoms with E-state index in [0.29, 0.717) is 23.0 Å². The molecule has 1 unspecified atom stereocenters. The van der Waals surface area contributed by atoms with E-state index in [1.807, 2.05) is 29.3 Å². The highest BCUT2D eigenvalue weighted by Gasteiger charge is 2.54. The first kappa shape index (κ1) is 23.2. The van der Waals surface area contributed by atoms with E-state index in [9.17, 15) is 4.79 Å². The van der Waals surface area contributed by atoms with Gasteiger partial charge in [-0.15, -0.1) is 0 Å². The van der Waals surface area contributed by atoms with Crippen LogP contribution in [-0.2, 0) is 4.79 Å². The molecule has 2 aromatic carbocycles. The second-order valence-corrected chi connectivity index (χ2v) is 11.8. The quantitative estimate of drug-likeness (QED) is 0.472. The van der Waals surface area contributed by atoms with Crippen molar-refractivity contribution in [2.24, 2.45) is 28.3 Å². The number of rotatable bonds is 6. The smallest absolute Gasteiger partial charge is 0.226 e. The summed E-state index contributed by atoms with van der Waals surface area (Å²) in [6.45, 7) is 0.467. The van der Waals surface area contributed by atoms with Gasteiger partial charge in [-0.05, 0) is 92.2 Å². The van der Waals surface area contributed by atoms with Crippen molar-refractivity contribution in [3.05, 3.63) is 58.1 Å². The van der Waals surface area contributed by atoms with E-state index >= 15 is 0 Å². The van der Waals surface area contributed by atoms with E-state index in [2.05, 4.69) is 17.4 Å². The topological polar surface area (TPSA) is 53.9 Å². The van der Waals surface area contributed by atoms with Crippen molar-refractivity contribution in [3.8, 4) is 5.75 Å². The number of methoxy groups -OCH3 is 1. The second-order valence-electron chi connectivity index (χ2n) is 11.0. The van der Waals surface area contributed by atoms with Gasteiger partial charge in [0.2, 0.25) is 5.91 Å². The van der Waals surface area contributed by atoms with Gasteiger partial charge >= 0.3 is 0 Å². The predicted octanol–water partition coefficient (Wildman–Crippen LogP) is 6.64. The Morgan fingerprint density at radius 3 is 2.31 bits per heavy atom. The van der Waals surface area contributed by atoms with Gasteiger partial charge in [0, 0.05) is 16.9 Å². The average molecular weight is 512 g/mol. The number of nitrogens with zero attached hydrogens (tertiary/aromatic N) is 2. The van der Waals surface area contributed by atoms with Crippen LogP contribution in [0, 0.1) is 23.2 Å². The Labute approximate surface area is 216 Å². The maximum atomic E-state index is 13.5. The molecule has 2 aromatic rings. The molecule has 184 valence electrons. The molecule has 7 heteroatoms. The number of hydrazone groups is 1. The summed E-state index contributed by atoms with van der Waals surface area (Å²) in [4.78, 5) is 13.5. The van der Waals surface area contributed by atoms with E-state index in [1.165, 1.54) is 19.3 Å². The van der Waals surface area contributed by atoms with E-state index in [4.69, 9.17) is 33.0 Å². The molecule has 1 amide bonds. The number of anilines is 1. The lowest BCUT2D eigenvalue weighted by Gasteiger charge is -2.55. The number of halogens is 2. The summed E-state index contributed by atoms with van der Waals surface area (Å²) in [7, 11) is 1.66. The highest BCUT2D eigenvalue weighted by molar-refractivity contribution is 6.36. The van der Waals surface area contributed by atoms with Crippen LogP contribution in [0.15, 0.2) is 47.6 Å². The van der Waals surface area contributed by atoms with Gasteiger partial charge in [0.15, 0.2) is 0 Å². The normalized spacial score (nSPS) is 30.9. The number of hydrogen-bond donors (Lipinski definition) is 1. The van der Waals surface area contributed by atoms with Crippen molar-refractivity contribution >= 4 is 40.5 Å². The van der Waals surface area contributed by atoms with Crippen LogP contribution >= 0.6 is 23.2 Å². The minimum absolute atomic E-state index is 0.0222. The Morgan fingerprint density at radius 1 is 1.06 bits per heavy atom. The second kappa shape index (κ2) is 9.01. The highest BCUT2D eigenvalue weighted by atomic mass is 35.5. The third-order valence-electron chi connectivity index (χ3n) is 8.60. The van der Waals surface area contributed by atoms with Crippen LogP contribution in [-0.4, -0.2) is 25.3 Å². The van der Waals surface area contributed by atoms with Gasteiger partial charge in [-0.1, -0.05) is 35.3 Å². The summed E-state index contributed by atoms with van der Waals surface area (Å²) < 4.78 is 5.34. The van der Waals surface area contributed by atoms with Crippen LogP contribution < -0.4 is 15.1 Å². The van der Waals surface area contributed by atoms with Gasteiger partial charge in [0.05, 0.1) is 36.1 Å². The molecule has 7 rings (SSSR count). The maximum absolute atomic E-state index is 13.5. The molecule has 4 aliphatic carbocycles. The lowest BCUT2D eigenvalue weighted by molar-refractivity contribution is -0.145. The summed E-state index contributed by atoms with van der Waals surface area (Å²) in [6.07, 6.45) is 7.92. The molecule has 5 aliphatic rings. The van der Waals surface area contributed by atoms with E-state index in [-0.39, 0.29) is 17.4 Å². The predicted molar refractivity (Wildman–Crippen MR) is 140 cm³/mol. The van der Waals surface area contributed by atoms with Gasteiger partial charge in [-0.25, -0.2) is 0 Å². The molecule has 1 N–H and O–H groups in total. The van der Waals surface area contributed by atoms with Crippen molar-refractivity contribution in [2.45, 2.75) is 51.0 Å². The van der Waals surface area contributed by atoms with Gasteiger partial charge in [0.1, 0.15) is 5.75 Å². The molecule has 1 atom stereocenters. The van der Waals surface area contributed by atoms with Crippen molar-refractivity contribution in [1.82, 2.24) is 5.32 Å². The molecule has 5 nitrogen and oxygen atoms in total. The molecule has 1 heterocycles. The minimum Gasteiger partial charge on any atom is -0.497 e. The summed E-state index contributed by atoms with van der Waals surface area (Å²) in [5.74, 6) is 3.29. The zero-order valence-electron chi connectivity index (χ0n) is 20.0. The van der Waals surface area contributed by atoms with Crippen LogP contribution in [0.25, 0.3) is 0 Å². The van der Waals surface area contributed by atoms with Crippen LogP contribution in [0.1, 0.15) is 56.6 Å². The summed E-state index contributed by atoms with van der Waals surface area (Å²) in [5.41, 5.74) is 2.72. The Balaban J connectivity index is 1.22. The lowest BCUT2D eigenvalue weighted by atomic mass is 9.49. The van der Waals surface area contributed by atoms with Crippen molar-refractivity contribution in [1.29, 1.82) is 0 Å². The zero-order valence-corrected chi connectivity index (χ0v) is 21.5. The zero-order chi connectivity index (χ0) is 24.2. The molecule has 0 aromatic heterocycles. The summed E-state index contributed by atoms with van der Waals surface area (Å²) in [5, 5.41) is 11.3. The van der Waals surface area contributed by atoms with Gasteiger partial charge < -0.3 is 10.1 Å². The number of carbonyl (C=O) groups excluding carboxylic acids is 1. The standard InChI is InChI=1S/C28H31Cl2N3O2/c1-35-23-5-2-20(3-6-23)26-12-22(32-33(26)25-7-4-21(29)11-24(25)30)16-31-27(34)28-13-17-8-18(14-28)10-19(9-17)15-28/h2-7,11,17-19,26H,8-10,12-16H2,1H3,(H,31,34). The fourth-order valence-electron chi connectivity index (χ4n) is 7.41. The molecular weight excluding hydrogens is 481 g/mol. The Bertz CT molecular complexity index is 1130. The van der Waals surface area contributed by atoms with E-state index in [1.54, 1.807) is 13.2 Å². The van der Waals surface area contributed by atoms with Crippen molar-refractivity contribution in [2.75, 3.05) is 18.7 Å². The largest absolute Gasteiger partial charge is 0.497 e. The first-order valence-electron chi connectivity index (χ1n) is 12.7. The molecule has 4 fully saturated rings. The number of hydrogen-bond acceptors (Lipinski definition) is 4. The van der Waals surface area contributed by atoms with E-state index in [0.717, 1.165) is 59.7 Å². The molecule has 0 radical (unpaired) electrons. The molecule has 1 aliphatic heterocycles. The Kier molecular flexibility index (Phi) is 5.96. The molecule has 0 saturated heterocycles. The highest BCUT2D eigenvalue weighted by Crippen LogP contribution is 2.60. The molecule has 0 spiro atoms. The van der Waals surface area contributed by atoms with Crippen molar-refractivity contribution < 1.29 is 9.53 Å². The Hall–Kier alpha value is -2.24. The summed E-state index contributed by atoms with van der Waals surface area (Å²) in [6, 6.07) is 13.5. The maximum Gasteiger partial charge on any atom is 0.226 e. The molecular formula is C28H31Cl2N3O2. The van der Waals surface area contributed by atoms with Crippen LogP contribution in [0.2, 0.25) is 10.0 Å². The average Bonchev–Trinajstić information content (AvgIpc) is 3.25. The minimum atomic E-state index is -0.150. The third-order valence-corrected chi connectivity index (χ3v) is 9.14. The molecule has 4 bridgehead atoms. The number of nitrogens with one attached hydrogen (secondary N) is 1. The van der Waals surface area contributed by atoms with E-state index < -0.39 is 0 Å². The van der Waals surface area contributed by atoms with Gasteiger partial charge in [0.25, 0.3) is 0 Å². The monoisotopic (exact) mass is 511 g/mol. The number of ether oxygens (including phenoxy) is 1. The molecule has 4 saturated carbocycles. The first-order valence-corrected chi connectivity index (χ1v) is 13.4.